The van der Waals surface area contributed by atoms with Crippen molar-refractivity contribution in [3.8, 4) is 17.1 Å². The molecule has 146 valence electrons. The lowest BCUT2D eigenvalue weighted by molar-refractivity contribution is 0.194. The number of hydrogen-bond acceptors (Lipinski definition) is 7. The summed E-state index contributed by atoms with van der Waals surface area (Å²) in [7, 11) is 0. The fourth-order valence-corrected chi connectivity index (χ4v) is 4.23. The third-order valence-corrected chi connectivity index (χ3v) is 6.87. The average molecular weight is 526 g/mol. The van der Waals surface area contributed by atoms with E-state index in [1.54, 1.807) is 11.8 Å². The van der Waals surface area contributed by atoms with Crippen LogP contribution in [-0.2, 0) is 0 Å². The van der Waals surface area contributed by atoms with Gasteiger partial charge in [-0.25, -0.2) is 0 Å². The van der Waals surface area contributed by atoms with Crippen molar-refractivity contribution < 1.29 is 9.15 Å². The Morgan fingerprint density at radius 3 is 2.82 bits per heavy atom. The van der Waals surface area contributed by atoms with E-state index in [1.807, 2.05) is 30.3 Å². The summed E-state index contributed by atoms with van der Waals surface area (Å²) in [5.74, 6) is 2.03. The van der Waals surface area contributed by atoms with Gasteiger partial charge in [0.2, 0.25) is 17.3 Å². The van der Waals surface area contributed by atoms with Crippen LogP contribution >= 0.6 is 43.6 Å². The van der Waals surface area contributed by atoms with Crippen LogP contribution in [0.3, 0.4) is 0 Å². The van der Waals surface area contributed by atoms with Crippen LogP contribution in [0, 0.1) is 0 Å². The van der Waals surface area contributed by atoms with Crippen LogP contribution in [-0.4, -0.2) is 20.9 Å². The number of unbranched alkanes of at least 4 members (excludes halogenated alkanes) is 2. The number of ether oxygens (including phenoxy) is 1. The van der Waals surface area contributed by atoms with Crippen LogP contribution in [0.15, 0.2) is 49.0 Å². The Morgan fingerprint density at radius 1 is 1.18 bits per heavy atom. The Labute approximate surface area is 184 Å². The maximum absolute atomic E-state index is 6.19. The first kappa shape index (κ1) is 19.7. The van der Waals surface area contributed by atoms with E-state index < -0.39 is 6.23 Å². The molecule has 1 aromatic carbocycles. The summed E-state index contributed by atoms with van der Waals surface area (Å²) in [5, 5.41) is 12.7. The number of thioether (sulfide) groups is 1. The molecule has 9 heteroatoms. The Balaban J connectivity index is 1.69. The van der Waals surface area contributed by atoms with Crippen molar-refractivity contribution in [2.24, 2.45) is 0 Å². The van der Waals surface area contributed by atoms with Gasteiger partial charge in [-0.05, 0) is 44.3 Å². The van der Waals surface area contributed by atoms with Crippen molar-refractivity contribution in [2.45, 2.75) is 37.6 Å². The molecule has 2 aromatic heterocycles. The molecule has 3 heterocycles. The number of halogens is 2. The van der Waals surface area contributed by atoms with Gasteiger partial charge < -0.3 is 14.5 Å². The minimum absolute atomic E-state index is 0.444. The quantitative estimate of drug-likeness (QED) is 0.293. The maximum Gasteiger partial charge on any atom is 0.247 e. The molecule has 0 aliphatic carbocycles. The van der Waals surface area contributed by atoms with Crippen LogP contribution in [0.5, 0.6) is 5.88 Å². The molecule has 1 N–H and O–H groups in total. The van der Waals surface area contributed by atoms with Crippen molar-refractivity contribution in [1.82, 2.24) is 15.2 Å². The fraction of sp³-hybridized carbons (Fsp3) is 0.316. The highest BCUT2D eigenvalue weighted by Gasteiger charge is 2.28. The predicted molar refractivity (Wildman–Crippen MR) is 117 cm³/mol. The zero-order chi connectivity index (χ0) is 19.5. The molecular formula is C19H18Br2N4O2S. The van der Waals surface area contributed by atoms with Gasteiger partial charge in [0.25, 0.3) is 0 Å². The molecule has 1 aliphatic heterocycles. The molecule has 1 aliphatic rings. The third-order valence-electron chi connectivity index (χ3n) is 4.24. The molecule has 0 bridgehead atoms. The molecule has 0 spiro atoms. The maximum atomic E-state index is 6.19. The van der Waals surface area contributed by atoms with Gasteiger partial charge in [-0.15, -0.1) is 10.2 Å². The molecule has 0 radical (unpaired) electrons. The van der Waals surface area contributed by atoms with Crippen LogP contribution in [0.25, 0.3) is 11.3 Å². The fourth-order valence-electron chi connectivity index (χ4n) is 2.85. The monoisotopic (exact) mass is 524 g/mol. The topological polar surface area (TPSA) is 73.1 Å². The lowest BCUT2D eigenvalue weighted by Crippen LogP contribution is -2.16. The van der Waals surface area contributed by atoms with E-state index in [-0.39, 0.29) is 0 Å². The number of anilines is 1. The number of nitrogens with zero attached hydrogens (tertiary/aromatic N) is 3. The number of benzene rings is 1. The number of hydrogen-bond donors (Lipinski definition) is 1. The minimum Gasteiger partial charge on any atom is -0.447 e. The Bertz CT molecular complexity index is 963. The lowest BCUT2D eigenvalue weighted by Gasteiger charge is -2.16. The van der Waals surface area contributed by atoms with E-state index in [0.29, 0.717) is 27.2 Å². The van der Waals surface area contributed by atoms with Crippen molar-refractivity contribution in [2.75, 3.05) is 11.1 Å². The summed E-state index contributed by atoms with van der Waals surface area (Å²) in [6, 6.07) is 9.74. The molecule has 0 saturated heterocycles. The summed E-state index contributed by atoms with van der Waals surface area (Å²) in [6.07, 6.45) is 2.97. The van der Waals surface area contributed by atoms with Crippen LogP contribution in [0.1, 0.15) is 38.2 Å². The van der Waals surface area contributed by atoms with Gasteiger partial charge in [0.15, 0.2) is 16.1 Å². The molecular weight excluding hydrogens is 508 g/mol. The standard InChI is InChI=1S/C19H18Br2N4O2S/c1-2-3-6-9-28-19-23-18-15(24-25-19)11-7-4-5-8-13(11)22-17(27-18)14-10-12(20)16(21)26-14/h4-5,7-8,10,17,22H,2-3,6,9H2,1H3/t17-/m0/s1. The molecule has 6 nitrogen and oxygen atoms in total. The van der Waals surface area contributed by atoms with E-state index >= 15 is 0 Å². The summed E-state index contributed by atoms with van der Waals surface area (Å²) >= 11 is 8.43. The average Bonchev–Trinajstić information content (AvgIpc) is 2.95. The zero-order valence-corrected chi connectivity index (χ0v) is 19.1. The summed E-state index contributed by atoms with van der Waals surface area (Å²) in [4.78, 5) is 4.64. The van der Waals surface area contributed by atoms with Gasteiger partial charge >= 0.3 is 0 Å². The van der Waals surface area contributed by atoms with Crippen molar-refractivity contribution in [3.05, 3.63) is 45.2 Å². The molecule has 0 unspecified atom stereocenters. The molecule has 0 fully saturated rings. The molecule has 3 aromatic rings. The molecule has 28 heavy (non-hydrogen) atoms. The van der Waals surface area contributed by atoms with E-state index in [1.165, 1.54) is 12.8 Å². The van der Waals surface area contributed by atoms with Gasteiger partial charge in [0.05, 0.1) is 4.47 Å². The largest absolute Gasteiger partial charge is 0.447 e. The van der Waals surface area contributed by atoms with E-state index in [9.17, 15) is 0 Å². The van der Waals surface area contributed by atoms with Gasteiger partial charge in [-0.2, -0.15) is 4.98 Å². The van der Waals surface area contributed by atoms with Crippen molar-refractivity contribution >= 4 is 49.3 Å². The number of nitrogens with one attached hydrogen (secondary N) is 1. The predicted octanol–water partition coefficient (Wildman–Crippen LogP) is 6.44. The number of para-hydroxylation sites is 1. The molecule has 1 atom stereocenters. The van der Waals surface area contributed by atoms with Gasteiger partial charge in [0.1, 0.15) is 0 Å². The highest BCUT2D eigenvalue weighted by Crippen LogP contribution is 2.41. The van der Waals surface area contributed by atoms with Gasteiger partial charge in [-0.1, -0.05) is 49.7 Å². The van der Waals surface area contributed by atoms with E-state index in [4.69, 9.17) is 9.15 Å². The number of furan rings is 1. The number of fused-ring (bicyclic) bond motifs is 3. The first-order valence-electron chi connectivity index (χ1n) is 9.00. The van der Waals surface area contributed by atoms with Crippen molar-refractivity contribution in [3.63, 3.8) is 0 Å². The summed E-state index contributed by atoms with van der Waals surface area (Å²) in [6.45, 7) is 2.19. The Morgan fingerprint density at radius 2 is 2.04 bits per heavy atom. The summed E-state index contributed by atoms with van der Waals surface area (Å²) in [5.41, 5.74) is 2.40. The van der Waals surface area contributed by atoms with Gasteiger partial charge in [0, 0.05) is 23.1 Å². The second-order valence-electron chi connectivity index (χ2n) is 6.26. The second-order valence-corrected chi connectivity index (χ2v) is 8.90. The number of rotatable bonds is 6. The van der Waals surface area contributed by atoms with Crippen LogP contribution in [0.4, 0.5) is 5.69 Å². The zero-order valence-electron chi connectivity index (χ0n) is 15.1. The first-order valence-corrected chi connectivity index (χ1v) is 11.6. The first-order chi connectivity index (χ1) is 13.7. The normalized spacial score (nSPS) is 15.2. The lowest BCUT2D eigenvalue weighted by atomic mass is 10.1. The third kappa shape index (κ3) is 4.21. The SMILES string of the molecule is CCCCCSc1nnc2c(n1)O[C@@H](c1cc(Br)c(Br)o1)Nc1ccccc1-2. The number of aromatic nitrogens is 3. The van der Waals surface area contributed by atoms with E-state index in [2.05, 4.69) is 59.3 Å². The Hall–Kier alpha value is -1.58. The van der Waals surface area contributed by atoms with Crippen LogP contribution < -0.4 is 10.1 Å². The second kappa shape index (κ2) is 8.84. The van der Waals surface area contributed by atoms with E-state index in [0.717, 1.165) is 27.9 Å². The smallest absolute Gasteiger partial charge is 0.247 e. The van der Waals surface area contributed by atoms with Gasteiger partial charge in [-0.3, -0.25) is 0 Å². The highest BCUT2D eigenvalue weighted by molar-refractivity contribution is 9.13. The van der Waals surface area contributed by atoms with Crippen molar-refractivity contribution in [1.29, 1.82) is 0 Å². The highest BCUT2D eigenvalue weighted by atomic mass is 79.9. The van der Waals surface area contributed by atoms with Crippen LogP contribution in [0.2, 0.25) is 0 Å². The minimum atomic E-state index is -0.542. The molecule has 0 saturated carbocycles. The molecule has 4 rings (SSSR count). The summed E-state index contributed by atoms with van der Waals surface area (Å²) < 4.78 is 13.4. The Kier molecular flexibility index (Phi) is 6.22. The molecule has 0 amide bonds.